The summed E-state index contributed by atoms with van der Waals surface area (Å²) in [6.45, 7) is 8.74. The Morgan fingerprint density at radius 1 is 0.939 bits per heavy atom. The fourth-order valence-corrected chi connectivity index (χ4v) is 2.56. The molecule has 0 aliphatic carbocycles. The number of aliphatic hydroxyl groups excluding tert-OH is 1. The van der Waals surface area contributed by atoms with Gasteiger partial charge in [0.2, 0.25) is 0 Å². The zero-order valence-corrected chi connectivity index (χ0v) is 18.4. The maximum absolute atomic E-state index is 12.5. The summed E-state index contributed by atoms with van der Waals surface area (Å²) < 4.78 is 21.0. The van der Waals surface area contributed by atoms with Gasteiger partial charge in [0.25, 0.3) is 0 Å². The molecular formula is C25H26O8. The summed E-state index contributed by atoms with van der Waals surface area (Å²) in [5.41, 5.74) is 1.00. The average molecular weight is 454 g/mol. The molecule has 0 atom stereocenters. The van der Waals surface area contributed by atoms with Crippen LogP contribution in [0.5, 0.6) is 17.2 Å². The fourth-order valence-electron chi connectivity index (χ4n) is 2.56. The minimum Gasteiger partial charge on any atom is -0.494 e. The Balaban J connectivity index is 1.85. The molecule has 2 rings (SSSR count). The first kappa shape index (κ1) is 25.4. The first-order valence-corrected chi connectivity index (χ1v) is 10.2. The SMILES string of the molecule is C=CC(=O)OCCCCOc1ccc(C(=O)Oc2ccc(OC(=O)C(=C)CO)cc2)c(C)c1. The van der Waals surface area contributed by atoms with Crippen LogP contribution in [-0.2, 0) is 14.3 Å². The van der Waals surface area contributed by atoms with Crippen LogP contribution in [0.1, 0.15) is 28.8 Å². The molecule has 0 aromatic heterocycles. The molecule has 8 nitrogen and oxygen atoms in total. The highest BCUT2D eigenvalue weighted by atomic mass is 16.5. The van der Waals surface area contributed by atoms with E-state index in [0.29, 0.717) is 42.9 Å². The highest BCUT2D eigenvalue weighted by Gasteiger charge is 2.14. The zero-order chi connectivity index (χ0) is 24.2. The van der Waals surface area contributed by atoms with Gasteiger partial charge < -0.3 is 24.1 Å². The predicted octanol–water partition coefficient (Wildman–Crippen LogP) is 3.56. The van der Waals surface area contributed by atoms with Crippen LogP contribution in [0.15, 0.2) is 67.3 Å². The van der Waals surface area contributed by atoms with Crippen molar-refractivity contribution in [2.24, 2.45) is 0 Å². The zero-order valence-electron chi connectivity index (χ0n) is 18.4. The molecule has 8 heteroatoms. The van der Waals surface area contributed by atoms with Crippen molar-refractivity contribution in [2.45, 2.75) is 19.8 Å². The van der Waals surface area contributed by atoms with E-state index in [4.69, 9.17) is 24.1 Å². The average Bonchev–Trinajstić information content (AvgIpc) is 2.81. The molecule has 0 bridgehead atoms. The van der Waals surface area contributed by atoms with Crippen molar-refractivity contribution < 1.29 is 38.4 Å². The Morgan fingerprint density at radius 3 is 2.15 bits per heavy atom. The number of unbranched alkanes of at least 4 members (excludes halogenated alkanes) is 1. The number of esters is 3. The molecule has 0 saturated heterocycles. The van der Waals surface area contributed by atoms with Crippen LogP contribution in [0.2, 0.25) is 0 Å². The molecular weight excluding hydrogens is 428 g/mol. The molecule has 0 unspecified atom stereocenters. The van der Waals surface area contributed by atoms with Gasteiger partial charge in [-0.1, -0.05) is 13.2 Å². The minimum absolute atomic E-state index is 0.0672. The molecule has 2 aromatic carbocycles. The number of hydrogen-bond acceptors (Lipinski definition) is 8. The molecule has 0 saturated carbocycles. The Bertz CT molecular complexity index is 1010. The number of carbonyl (C=O) groups excluding carboxylic acids is 3. The second kappa shape index (κ2) is 12.8. The lowest BCUT2D eigenvalue weighted by Gasteiger charge is -2.11. The Labute approximate surface area is 192 Å². The highest BCUT2D eigenvalue weighted by molar-refractivity contribution is 5.93. The van der Waals surface area contributed by atoms with Crippen LogP contribution in [-0.4, -0.2) is 42.8 Å². The molecule has 2 aromatic rings. The fraction of sp³-hybridized carbons (Fsp3) is 0.240. The van der Waals surface area contributed by atoms with Crippen molar-refractivity contribution in [1.82, 2.24) is 0 Å². The van der Waals surface area contributed by atoms with Crippen molar-refractivity contribution in [3.8, 4) is 17.2 Å². The molecule has 33 heavy (non-hydrogen) atoms. The standard InChI is InChI=1S/C25H26O8/c1-4-23(27)31-14-6-5-13-30-21-11-12-22(17(2)15-21)25(29)33-20-9-7-19(8-10-20)32-24(28)18(3)16-26/h4,7-12,15,26H,1,3,5-6,13-14,16H2,2H3. The van der Waals surface area contributed by atoms with Gasteiger partial charge in [-0.2, -0.15) is 0 Å². The van der Waals surface area contributed by atoms with Crippen LogP contribution in [0, 0.1) is 6.92 Å². The second-order valence-corrected chi connectivity index (χ2v) is 6.92. The molecule has 0 amide bonds. The highest BCUT2D eigenvalue weighted by Crippen LogP contribution is 2.22. The quantitative estimate of drug-likeness (QED) is 0.224. The minimum atomic E-state index is -0.740. The van der Waals surface area contributed by atoms with Gasteiger partial charge in [-0.3, -0.25) is 0 Å². The van der Waals surface area contributed by atoms with Gasteiger partial charge in [0.05, 0.1) is 31.0 Å². The van der Waals surface area contributed by atoms with Crippen molar-refractivity contribution in [1.29, 1.82) is 0 Å². The number of benzene rings is 2. The van der Waals surface area contributed by atoms with Gasteiger partial charge >= 0.3 is 17.9 Å². The molecule has 0 radical (unpaired) electrons. The number of aliphatic hydroxyl groups is 1. The summed E-state index contributed by atoms with van der Waals surface area (Å²) in [4.78, 5) is 35.1. The third-order valence-electron chi connectivity index (χ3n) is 4.36. The van der Waals surface area contributed by atoms with E-state index in [2.05, 4.69) is 13.2 Å². The van der Waals surface area contributed by atoms with Gasteiger partial charge in [0.1, 0.15) is 17.2 Å². The van der Waals surface area contributed by atoms with E-state index in [1.807, 2.05) is 0 Å². The van der Waals surface area contributed by atoms with Crippen LogP contribution in [0.25, 0.3) is 0 Å². The first-order valence-electron chi connectivity index (χ1n) is 10.2. The van der Waals surface area contributed by atoms with Crippen LogP contribution in [0.3, 0.4) is 0 Å². The van der Waals surface area contributed by atoms with Gasteiger partial charge in [-0.25, -0.2) is 14.4 Å². The van der Waals surface area contributed by atoms with Crippen LogP contribution < -0.4 is 14.2 Å². The number of ether oxygens (including phenoxy) is 4. The summed E-state index contributed by atoms with van der Waals surface area (Å²) in [5.74, 6) is -0.609. The van der Waals surface area contributed by atoms with Crippen molar-refractivity contribution in [3.05, 3.63) is 78.4 Å². The summed E-state index contributed by atoms with van der Waals surface area (Å²) in [5, 5.41) is 8.89. The smallest absolute Gasteiger partial charge is 0.343 e. The number of aryl methyl sites for hydroxylation is 1. The number of hydrogen-bond donors (Lipinski definition) is 1. The monoisotopic (exact) mass is 454 g/mol. The lowest BCUT2D eigenvalue weighted by molar-refractivity contribution is -0.138. The van der Waals surface area contributed by atoms with E-state index in [-0.39, 0.29) is 17.1 Å². The third-order valence-corrected chi connectivity index (χ3v) is 4.36. The maximum atomic E-state index is 12.5. The molecule has 0 heterocycles. The second-order valence-electron chi connectivity index (χ2n) is 6.92. The van der Waals surface area contributed by atoms with Crippen molar-refractivity contribution in [3.63, 3.8) is 0 Å². The molecule has 0 fully saturated rings. The van der Waals surface area contributed by atoms with Gasteiger partial charge in [-0.05, 0) is 67.8 Å². The molecule has 174 valence electrons. The van der Waals surface area contributed by atoms with Gasteiger partial charge in [-0.15, -0.1) is 0 Å². The molecule has 0 aliphatic rings. The summed E-state index contributed by atoms with van der Waals surface area (Å²) in [6.07, 6.45) is 2.49. The first-order chi connectivity index (χ1) is 15.8. The number of carbonyl (C=O) groups is 3. The van der Waals surface area contributed by atoms with Crippen molar-refractivity contribution in [2.75, 3.05) is 19.8 Å². The van der Waals surface area contributed by atoms with E-state index >= 15 is 0 Å². The van der Waals surface area contributed by atoms with E-state index in [9.17, 15) is 14.4 Å². The predicted molar refractivity (Wildman–Crippen MR) is 120 cm³/mol. The Hall–Kier alpha value is -3.91. The topological polar surface area (TPSA) is 108 Å². The third kappa shape index (κ3) is 8.27. The molecule has 1 N–H and O–H groups in total. The van der Waals surface area contributed by atoms with Crippen molar-refractivity contribution >= 4 is 17.9 Å². The molecule has 0 spiro atoms. The normalized spacial score (nSPS) is 10.1. The Morgan fingerprint density at radius 2 is 1.55 bits per heavy atom. The lowest BCUT2D eigenvalue weighted by atomic mass is 10.1. The lowest BCUT2D eigenvalue weighted by Crippen LogP contribution is -2.13. The molecule has 0 aliphatic heterocycles. The number of rotatable bonds is 12. The summed E-state index contributed by atoms with van der Waals surface area (Å²) in [6, 6.07) is 10.9. The Kier molecular flexibility index (Phi) is 9.85. The van der Waals surface area contributed by atoms with E-state index in [0.717, 1.165) is 6.08 Å². The van der Waals surface area contributed by atoms with E-state index < -0.39 is 24.5 Å². The van der Waals surface area contributed by atoms with E-state index in [1.54, 1.807) is 25.1 Å². The summed E-state index contributed by atoms with van der Waals surface area (Å²) >= 11 is 0. The van der Waals surface area contributed by atoms with Crippen LogP contribution >= 0.6 is 0 Å². The van der Waals surface area contributed by atoms with Crippen LogP contribution in [0.4, 0.5) is 0 Å². The maximum Gasteiger partial charge on any atom is 0.343 e. The van der Waals surface area contributed by atoms with E-state index in [1.165, 1.54) is 24.3 Å². The summed E-state index contributed by atoms with van der Waals surface area (Å²) in [7, 11) is 0. The van der Waals surface area contributed by atoms with Gasteiger partial charge in [0, 0.05) is 6.08 Å². The van der Waals surface area contributed by atoms with Gasteiger partial charge in [0.15, 0.2) is 0 Å². The largest absolute Gasteiger partial charge is 0.494 e.